The number of benzene rings is 2. The van der Waals surface area contributed by atoms with Crippen LogP contribution in [0.2, 0.25) is 0 Å². The van der Waals surface area contributed by atoms with Gasteiger partial charge in [0, 0.05) is 28.3 Å². The molecule has 0 bridgehead atoms. The van der Waals surface area contributed by atoms with Gasteiger partial charge >= 0.3 is 0 Å². The van der Waals surface area contributed by atoms with E-state index in [0.717, 1.165) is 22.0 Å². The third kappa shape index (κ3) is 2.04. The first-order chi connectivity index (χ1) is 10.1. The highest BCUT2D eigenvalue weighted by Crippen LogP contribution is 2.33. The zero-order valence-electron chi connectivity index (χ0n) is 11.3. The quantitative estimate of drug-likeness (QED) is 0.373. The fourth-order valence-electron chi connectivity index (χ4n) is 2.57. The molecule has 1 heterocycles. The maximum atomic E-state index is 7.84. The minimum atomic E-state index is -0.0483. The highest BCUT2D eigenvalue weighted by Gasteiger charge is 2.17. The molecule has 3 aromatic rings. The summed E-state index contributed by atoms with van der Waals surface area (Å²) in [6, 6.07) is 13.3. The van der Waals surface area contributed by atoms with Gasteiger partial charge in [0.15, 0.2) is 0 Å². The zero-order valence-corrected chi connectivity index (χ0v) is 11.3. The van der Waals surface area contributed by atoms with Crippen LogP contribution in [-0.2, 0) is 0 Å². The van der Waals surface area contributed by atoms with Gasteiger partial charge in [-0.25, -0.2) is 0 Å². The van der Waals surface area contributed by atoms with Crippen molar-refractivity contribution in [2.75, 3.05) is 0 Å². The minimum Gasteiger partial charge on any atom is -0.384 e. The minimum absolute atomic E-state index is 0.0401. The van der Waals surface area contributed by atoms with Crippen molar-refractivity contribution in [1.82, 2.24) is 4.98 Å². The Labute approximate surface area is 121 Å². The van der Waals surface area contributed by atoms with Gasteiger partial charge in [0.05, 0.1) is 5.52 Å². The van der Waals surface area contributed by atoms with Crippen LogP contribution in [0.1, 0.15) is 11.1 Å². The van der Waals surface area contributed by atoms with Crippen LogP contribution in [0.25, 0.3) is 22.0 Å². The molecule has 3 rings (SSSR count). The monoisotopic (exact) mass is 277 g/mol. The Hall–Kier alpha value is -3.08. The molecule has 0 aliphatic carbocycles. The molecule has 0 saturated heterocycles. The van der Waals surface area contributed by atoms with Crippen molar-refractivity contribution in [3.05, 3.63) is 59.8 Å². The lowest BCUT2D eigenvalue weighted by Crippen LogP contribution is -2.17. The van der Waals surface area contributed by atoms with Crippen LogP contribution < -0.4 is 11.5 Å². The SMILES string of the molecule is N=C(N)c1cc(C(=N)N)c2cc[nH]c2c1-c1ccccc1. The highest BCUT2D eigenvalue weighted by atomic mass is 14.7. The predicted molar refractivity (Wildman–Crippen MR) is 85.8 cm³/mol. The van der Waals surface area contributed by atoms with Crippen LogP contribution in [0.3, 0.4) is 0 Å². The molecule has 7 N–H and O–H groups in total. The summed E-state index contributed by atoms with van der Waals surface area (Å²) in [5.41, 5.74) is 15.2. The number of nitrogens with two attached hydrogens (primary N) is 2. The molecular weight excluding hydrogens is 262 g/mol. The van der Waals surface area contributed by atoms with Gasteiger partial charge in [0.2, 0.25) is 0 Å². The molecule has 0 aliphatic rings. The van der Waals surface area contributed by atoms with Gasteiger partial charge in [0.1, 0.15) is 11.7 Å². The van der Waals surface area contributed by atoms with E-state index < -0.39 is 0 Å². The third-order valence-electron chi connectivity index (χ3n) is 3.49. The first kappa shape index (κ1) is 12.9. The fourth-order valence-corrected chi connectivity index (χ4v) is 2.57. The largest absolute Gasteiger partial charge is 0.384 e. The van der Waals surface area contributed by atoms with Crippen LogP contribution in [0.15, 0.2) is 48.7 Å². The van der Waals surface area contributed by atoms with E-state index in [9.17, 15) is 0 Å². The summed E-state index contributed by atoms with van der Waals surface area (Å²) in [5.74, 6) is -0.0884. The van der Waals surface area contributed by atoms with Crippen molar-refractivity contribution in [2.45, 2.75) is 0 Å². The van der Waals surface area contributed by atoms with E-state index in [-0.39, 0.29) is 11.7 Å². The Kier molecular flexibility index (Phi) is 2.95. The molecule has 0 amide bonds. The van der Waals surface area contributed by atoms with Crippen LogP contribution in [0, 0.1) is 10.8 Å². The van der Waals surface area contributed by atoms with Crippen LogP contribution in [0.4, 0.5) is 0 Å². The number of nitrogen functional groups attached to an aromatic ring is 2. The van der Waals surface area contributed by atoms with E-state index in [1.165, 1.54) is 0 Å². The lowest BCUT2D eigenvalue weighted by atomic mass is 9.93. The average molecular weight is 277 g/mol. The van der Waals surface area contributed by atoms with Gasteiger partial charge < -0.3 is 16.5 Å². The van der Waals surface area contributed by atoms with E-state index in [2.05, 4.69) is 4.98 Å². The van der Waals surface area contributed by atoms with E-state index in [0.29, 0.717) is 11.1 Å². The summed E-state index contributed by atoms with van der Waals surface area (Å²) in [4.78, 5) is 3.17. The highest BCUT2D eigenvalue weighted by molar-refractivity contribution is 6.16. The molecule has 21 heavy (non-hydrogen) atoms. The molecule has 0 spiro atoms. The van der Waals surface area contributed by atoms with Gasteiger partial charge in [-0.15, -0.1) is 0 Å². The van der Waals surface area contributed by atoms with Crippen molar-refractivity contribution in [2.24, 2.45) is 11.5 Å². The summed E-state index contributed by atoms with van der Waals surface area (Å²) >= 11 is 0. The fraction of sp³-hybridized carbons (Fsp3) is 0. The first-order valence-electron chi connectivity index (χ1n) is 6.48. The Morgan fingerprint density at radius 2 is 1.57 bits per heavy atom. The maximum absolute atomic E-state index is 7.84. The normalized spacial score (nSPS) is 10.7. The predicted octanol–water partition coefficient (Wildman–Crippen LogP) is 2.40. The number of fused-ring (bicyclic) bond motifs is 1. The van der Waals surface area contributed by atoms with Gasteiger partial charge in [-0.2, -0.15) is 0 Å². The molecule has 2 aromatic carbocycles. The Balaban J connectivity index is 2.45. The van der Waals surface area contributed by atoms with Gasteiger partial charge in [-0.1, -0.05) is 30.3 Å². The van der Waals surface area contributed by atoms with E-state index >= 15 is 0 Å². The second-order valence-electron chi connectivity index (χ2n) is 4.81. The van der Waals surface area contributed by atoms with Crippen molar-refractivity contribution in [3.8, 4) is 11.1 Å². The van der Waals surface area contributed by atoms with Crippen molar-refractivity contribution >= 4 is 22.6 Å². The maximum Gasteiger partial charge on any atom is 0.123 e. The molecule has 0 saturated carbocycles. The number of H-pyrrole nitrogens is 1. The van der Waals surface area contributed by atoms with Crippen LogP contribution in [0.5, 0.6) is 0 Å². The van der Waals surface area contributed by atoms with Crippen molar-refractivity contribution in [3.63, 3.8) is 0 Å². The molecule has 0 radical (unpaired) electrons. The van der Waals surface area contributed by atoms with Crippen LogP contribution >= 0.6 is 0 Å². The molecule has 0 aliphatic heterocycles. The standard InChI is InChI=1S/C16H15N5/c17-15(18)11-8-12(16(19)20)13(9-4-2-1-3-5-9)14-10(11)6-7-21-14/h1-8,21H,(H3,17,18)(H3,19,20). The molecule has 104 valence electrons. The summed E-state index contributed by atoms with van der Waals surface area (Å²) in [6.07, 6.45) is 1.80. The number of rotatable bonds is 3. The van der Waals surface area contributed by atoms with E-state index in [4.69, 9.17) is 22.3 Å². The zero-order chi connectivity index (χ0) is 15.0. The molecule has 5 nitrogen and oxygen atoms in total. The number of hydrogen-bond acceptors (Lipinski definition) is 2. The topological polar surface area (TPSA) is 116 Å². The van der Waals surface area contributed by atoms with Gasteiger partial charge in [-0.05, 0) is 17.7 Å². The molecule has 0 atom stereocenters. The van der Waals surface area contributed by atoms with Crippen molar-refractivity contribution in [1.29, 1.82) is 10.8 Å². The molecular formula is C16H15N5. The number of aromatic amines is 1. The number of hydrogen-bond donors (Lipinski definition) is 5. The summed E-state index contributed by atoms with van der Waals surface area (Å²) in [5, 5.41) is 16.4. The van der Waals surface area contributed by atoms with Crippen molar-refractivity contribution < 1.29 is 0 Å². The second-order valence-corrected chi connectivity index (χ2v) is 4.81. The van der Waals surface area contributed by atoms with E-state index in [1.807, 2.05) is 36.4 Å². The number of amidine groups is 2. The summed E-state index contributed by atoms with van der Waals surface area (Å²) in [7, 11) is 0. The lowest BCUT2D eigenvalue weighted by molar-refractivity contribution is 1.40. The van der Waals surface area contributed by atoms with Crippen LogP contribution in [-0.4, -0.2) is 16.7 Å². The molecule has 1 aromatic heterocycles. The first-order valence-corrected chi connectivity index (χ1v) is 6.48. The summed E-state index contributed by atoms with van der Waals surface area (Å²) < 4.78 is 0. The number of aromatic nitrogens is 1. The lowest BCUT2D eigenvalue weighted by Gasteiger charge is -2.13. The molecule has 0 unspecified atom stereocenters. The van der Waals surface area contributed by atoms with E-state index in [1.54, 1.807) is 12.3 Å². The third-order valence-corrected chi connectivity index (χ3v) is 3.49. The Bertz CT molecular complexity index is 846. The Morgan fingerprint density at radius 3 is 2.19 bits per heavy atom. The molecule has 5 heteroatoms. The van der Waals surface area contributed by atoms with Gasteiger partial charge in [-0.3, -0.25) is 10.8 Å². The summed E-state index contributed by atoms with van der Waals surface area (Å²) in [6.45, 7) is 0. The number of nitrogens with one attached hydrogen (secondary N) is 3. The smallest absolute Gasteiger partial charge is 0.123 e. The second kappa shape index (κ2) is 4.79. The van der Waals surface area contributed by atoms with Gasteiger partial charge in [0.25, 0.3) is 0 Å². The Morgan fingerprint density at radius 1 is 0.905 bits per heavy atom. The molecule has 0 fully saturated rings. The average Bonchev–Trinajstić information content (AvgIpc) is 2.95.